The molecule has 28 heavy (non-hydrogen) atoms. The number of methoxy groups -OCH3 is 1. The molecule has 1 atom stereocenters. The molecule has 0 radical (unpaired) electrons. The Hall–Kier alpha value is -3.06. The molecule has 0 saturated carbocycles. The molecule has 0 saturated heterocycles. The number of hydrogen-bond donors (Lipinski definition) is 2. The van der Waals surface area contributed by atoms with Crippen LogP contribution in [0.4, 0.5) is 4.79 Å². The Morgan fingerprint density at radius 3 is 2.39 bits per heavy atom. The van der Waals surface area contributed by atoms with Crippen LogP contribution in [0.15, 0.2) is 42.5 Å². The second-order valence-corrected chi connectivity index (χ2v) is 6.50. The highest BCUT2D eigenvalue weighted by Crippen LogP contribution is 2.23. The number of halogens is 1. The van der Waals surface area contributed by atoms with Gasteiger partial charge in [-0.1, -0.05) is 23.7 Å². The highest BCUT2D eigenvalue weighted by atomic mass is 35.5. The van der Waals surface area contributed by atoms with E-state index in [0.29, 0.717) is 27.5 Å². The van der Waals surface area contributed by atoms with E-state index >= 15 is 0 Å². The molecule has 0 aromatic heterocycles. The van der Waals surface area contributed by atoms with Crippen LogP contribution in [0.1, 0.15) is 40.9 Å². The zero-order chi connectivity index (χ0) is 20.7. The van der Waals surface area contributed by atoms with E-state index in [4.69, 9.17) is 26.8 Å². The minimum atomic E-state index is -0.761. The number of rotatable bonds is 8. The first kappa shape index (κ1) is 21.2. The Bertz CT molecular complexity index is 867. The van der Waals surface area contributed by atoms with Gasteiger partial charge in [-0.2, -0.15) is 0 Å². The molecule has 7 nitrogen and oxygen atoms in total. The SMILES string of the molecule is COc1ccc(C(C)=O)cc1COC(=O)C[C@@H](NC(N)=O)c1ccc(Cl)cc1. The summed E-state index contributed by atoms with van der Waals surface area (Å²) in [6.45, 7) is 1.37. The van der Waals surface area contributed by atoms with Crippen molar-refractivity contribution < 1.29 is 23.9 Å². The van der Waals surface area contributed by atoms with Gasteiger partial charge in [-0.3, -0.25) is 9.59 Å². The molecular weight excluding hydrogens is 384 g/mol. The summed E-state index contributed by atoms with van der Waals surface area (Å²) in [4.78, 5) is 35.2. The van der Waals surface area contributed by atoms with Crippen LogP contribution >= 0.6 is 11.6 Å². The van der Waals surface area contributed by atoms with Crippen molar-refractivity contribution in [3.63, 3.8) is 0 Å². The van der Waals surface area contributed by atoms with Gasteiger partial charge in [-0.25, -0.2) is 4.79 Å². The fraction of sp³-hybridized carbons (Fsp3) is 0.250. The van der Waals surface area contributed by atoms with Gasteiger partial charge < -0.3 is 20.5 Å². The Morgan fingerprint density at radius 1 is 1.14 bits per heavy atom. The van der Waals surface area contributed by atoms with Crippen molar-refractivity contribution in [2.45, 2.75) is 26.0 Å². The third-order valence-corrected chi connectivity index (χ3v) is 4.29. The number of carbonyl (C=O) groups is 3. The molecule has 3 N–H and O–H groups in total. The van der Waals surface area contributed by atoms with E-state index in [1.54, 1.807) is 42.5 Å². The van der Waals surface area contributed by atoms with Gasteiger partial charge in [0.2, 0.25) is 0 Å². The zero-order valence-electron chi connectivity index (χ0n) is 15.5. The molecule has 0 bridgehead atoms. The minimum absolute atomic E-state index is 0.0764. The topological polar surface area (TPSA) is 108 Å². The second kappa shape index (κ2) is 9.75. The lowest BCUT2D eigenvalue weighted by Gasteiger charge is -2.18. The summed E-state index contributed by atoms with van der Waals surface area (Å²) >= 11 is 5.87. The number of carbonyl (C=O) groups excluding carboxylic acids is 3. The van der Waals surface area contributed by atoms with E-state index in [-0.39, 0.29) is 18.8 Å². The Balaban J connectivity index is 2.08. The number of hydrogen-bond acceptors (Lipinski definition) is 5. The molecule has 0 unspecified atom stereocenters. The first-order chi connectivity index (χ1) is 13.3. The van der Waals surface area contributed by atoms with Crippen LogP contribution in [0.25, 0.3) is 0 Å². The molecule has 2 rings (SSSR count). The maximum absolute atomic E-state index is 12.3. The molecule has 2 amide bonds. The van der Waals surface area contributed by atoms with E-state index in [1.807, 2.05) is 0 Å². The van der Waals surface area contributed by atoms with Gasteiger partial charge in [0.1, 0.15) is 12.4 Å². The summed E-state index contributed by atoms with van der Waals surface area (Å²) in [5.41, 5.74) is 6.92. The minimum Gasteiger partial charge on any atom is -0.496 e. The van der Waals surface area contributed by atoms with E-state index in [1.165, 1.54) is 14.0 Å². The lowest BCUT2D eigenvalue weighted by Crippen LogP contribution is -2.34. The summed E-state index contributed by atoms with van der Waals surface area (Å²) in [6, 6.07) is 10.2. The predicted molar refractivity (Wildman–Crippen MR) is 104 cm³/mol. The van der Waals surface area contributed by atoms with E-state index < -0.39 is 18.0 Å². The number of esters is 1. The summed E-state index contributed by atoms with van der Waals surface area (Å²) in [5, 5.41) is 3.05. The fourth-order valence-electron chi connectivity index (χ4n) is 2.61. The van der Waals surface area contributed by atoms with Gasteiger partial charge in [0.15, 0.2) is 5.78 Å². The van der Waals surface area contributed by atoms with Crippen LogP contribution in [-0.2, 0) is 16.1 Å². The Labute approximate surface area is 167 Å². The number of nitrogens with one attached hydrogen (secondary N) is 1. The summed E-state index contributed by atoms with van der Waals surface area (Å²) < 4.78 is 10.6. The van der Waals surface area contributed by atoms with Crippen LogP contribution in [0, 0.1) is 0 Å². The number of ketones is 1. The van der Waals surface area contributed by atoms with E-state index in [9.17, 15) is 14.4 Å². The Kier molecular flexibility index (Phi) is 7.40. The number of amides is 2. The number of ether oxygens (including phenoxy) is 2. The van der Waals surface area contributed by atoms with Crippen molar-refractivity contribution in [2.24, 2.45) is 5.73 Å². The fourth-order valence-corrected chi connectivity index (χ4v) is 2.74. The highest BCUT2D eigenvalue weighted by Gasteiger charge is 2.19. The predicted octanol–water partition coefficient (Wildman–Crippen LogP) is 3.39. The summed E-state index contributed by atoms with van der Waals surface area (Å²) in [5.74, 6) is -0.157. The molecule has 148 valence electrons. The smallest absolute Gasteiger partial charge is 0.312 e. The van der Waals surface area contributed by atoms with Gasteiger partial charge in [0, 0.05) is 16.1 Å². The normalized spacial score (nSPS) is 11.4. The number of nitrogens with two attached hydrogens (primary N) is 1. The van der Waals surface area contributed by atoms with Crippen molar-refractivity contribution in [2.75, 3.05) is 7.11 Å². The van der Waals surface area contributed by atoms with Gasteiger partial charge in [0.25, 0.3) is 0 Å². The number of primary amides is 1. The highest BCUT2D eigenvalue weighted by molar-refractivity contribution is 6.30. The molecule has 2 aromatic carbocycles. The molecule has 0 spiro atoms. The number of benzene rings is 2. The molecule has 0 aliphatic rings. The maximum Gasteiger partial charge on any atom is 0.312 e. The molecular formula is C20H21ClN2O5. The van der Waals surface area contributed by atoms with E-state index in [0.717, 1.165) is 0 Å². The largest absolute Gasteiger partial charge is 0.496 e. The van der Waals surface area contributed by atoms with E-state index in [2.05, 4.69) is 5.32 Å². The first-order valence-corrected chi connectivity index (χ1v) is 8.83. The van der Waals surface area contributed by atoms with Crippen LogP contribution in [0.5, 0.6) is 5.75 Å². The molecule has 2 aromatic rings. The lowest BCUT2D eigenvalue weighted by atomic mass is 10.0. The van der Waals surface area contributed by atoms with Crippen LogP contribution in [0.3, 0.4) is 0 Å². The van der Waals surface area contributed by atoms with Gasteiger partial charge in [0.05, 0.1) is 19.6 Å². The van der Waals surface area contributed by atoms with Crippen molar-refractivity contribution in [3.05, 3.63) is 64.2 Å². The standard InChI is InChI=1S/C20H21ClN2O5/c1-12(24)14-5-8-18(27-2)15(9-14)11-28-19(25)10-17(23-20(22)26)13-3-6-16(21)7-4-13/h3-9,17H,10-11H2,1-2H3,(H3,22,23,26)/t17-/m1/s1. The first-order valence-electron chi connectivity index (χ1n) is 8.45. The van der Waals surface area contributed by atoms with Crippen molar-refractivity contribution in [1.29, 1.82) is 0 Å². The molecule has 0 heterocycles. The third kappa shape index (κ3) is 5.99. The quantitative estimate of drug-likeness (QED) is 0.518. The number of Topliss-reactive ketones (excluding diaryl/α,β-unsaturated/α-hetero) is 1. The summed E-state index contributed by atoms with van der Waals surface area (Å²) in [6.07, 6.45) is -0.126. The lowest BCUT2D eigenvalue weighted by molar-refractivity contribution is -0.145. The average Bonchev–Trinajstić information content (AvgIpc) is 2.65. The van der Waals surface area contributed by atoms with Crippen molar-refractivity contribution in [1.82, 2.24) is 5.32 Å². The van der Waals surface area contributed by atoms with Crippen molar-refractivity contribution >= 4 is 29.4 Å². The zero-order valence-corrected chi connectivity index (χ0v) is 16.3. The summed E-state index contributed by atoms with van der Waals surface area (Å²) in [7, 11) is 1.49. The molecule has 0 aliphatic carbocycles. The maximum atomic E-state index is 12.3. The van der Waals surface area contributed by atoms with Crippen LogP contribution in [0.2, 0.25) is 5.02 Å². The molecule has 0 aliphatic heterocycles. The third-order valence-electron chi connectivity index (χ3n) is 4.04. The number of urea groups is 1. The monoisotopic (exact) mass is 404 g/mol. The van der Waals surface area contributed by atoms with Crippen LogP contribution in [-0.4, -0.2) is 24.9 Å². The van der Waals surface area contributed by atoms with Crippen molar-refractivity contribution in [3.8, 4) is 5.75 Å². The molecule has 0 fully saturated rings. The second-order valence-electron chi connectivity index (χ2n) is 6.06. The van der Waals surface area contributed by atoms with Gasteiger partial charge in [-0.15, -0.1) is 0 Å². The van der Waals surface area contributed by atoms with Gasteiger partial charge >= 0.3 is 12.0 Å². The molecule has 8 heteroatoms. The Morgan fingerprint density at radius 2 is 1.82 bits per heavy atom. The van der Waals surface area contributed by atoms with Gasteiger partial charge in [-0.05, 0) is 42.8 Å². The van der Waals surface area contributed by atoms with Crippen LogP contribution < -0.4 is 15.8 Å². The average molecular weight is 405 g/mol.